The first-order chi connectivity index (χ1) is 9.06. The van der Waals surface area contributed by atoms with Crippen LogP contribution in [0.3, 0.4) is 0 Å². The van der Waals surface area contributed by atoms with Crippen LogP contribution in [-0.4, -0.2) is 15.0 Å². The maximum absolute atomic E-state index is 12.5. The molecular weight excluding hydrogens is 260 g/mol. The van der Waals surface area contributed by atoms with Crippen LogP contribution in [0.1, 0.15) is 29.7 Å². The third kappa shape index (κ3) is 1.94. The molecule has 98 valence electrons. The van der Waals surface area contributed by atoms with Crippen molar-refractivity contribution in [3.63, 3.8) is 0 Å². The molecule has 3 rings (SSSR count). The van der Waals surface area contributed by atoms with Gasteiger partial charge < -0.3 is 0 Å². The van der Waals surface area contributed by atoms with Crippen LogP contribution in [0, 0.1) is 30.6 Å². The van der Waals surface area contributed by atoms with E-state index in [1.54, 1.807) is 0 Å². The van der Waals surface area contributed by atoms with Crippen molar-refractivity contribution in [1.29, 1.82) is 5.26 Å². The third-order valence-electron chi connectivity index (χ3n) is 3.95. The van der Waals surface area contributed by atoms with E-state index in [4.69, 9.17) is 5.26 Å². The SMILES string of the molecule is Cc1sc2nnn(CC3(CC#N)CC3)c(=O)c2c1C. The summed E-state index contributed by atoms with van der Waals surface area (Å²) in [5, 5.41) is 17.7. The van der Waals surface area contributed by atoms with Crippen molar-refractivity contribution >= 4 is 21.6 Å². The van der Waals surface area contributed by atoms with Gasteiger partial charge in [-0.1, -0.05) is 5.21 Å². The van der Waals surface area contributed by atoms with Crippen LogP contribution in [-0.2, 0) is 6.54 Å². The van der Waals surface area contributed by atoms with E-state index in [2.05, 4.69) is 16.4 Å². The normalized spacial score (nSPS) is 16.5. The van der Waals surface area contributed by atoms with E-state index in [1.807, 2.05) is 13.8 Å². The maximum Gasteiger partial charge on any atom is 0.278 e. The Morgan fingerprint density at radius 3 is 2.84 bits per heavy atom. The molecule has 0 amide bonds. The molecule has 1 saturated carbocycles. The molecule has 2 heterocycles. The fourth-order valence-corrected chi connectivity index (χ4v) is 3.32. The minimum Gasteiger partial charge on any atom is -0.267 e. The summed E-state index contributed by atoms with van der Waals surface area (Å²) in [5.41, 5.74) is 0.884. The van der Waals surface area contributed by atoms with Gasteiger partial charge in [0.15, 0.2) is 4.83 Å². The molecule has 0 aromatic carbocycles. The molecule has 5 nitrogen and oxygen atoms in total. The second kappa shape index (κ2) is 4.14. The van der Waals surface area contributed by atoms with Gasteiger partial charge in [-0.05, 0) is 32.3 Å². The molecule has 0 spiro atoms. The van der Waals surface area contributed by atoms with Gasteiger partial charge in [-0.25, -0.2) is 4.68 Å². The van der Waals surface area contributed by atoms with Gasteiger partial charge in [0.25, 0.3) is 5.56 Å². The monoisotopic (exact) mass is 274 g/mol. The van der Waals surface area contributed by atoms with Crippen LogP contribution in [0.4, 0.5) is 0 Å². The Kier molecular flexibility index (Phi) is 2.68. The molecule has 1 aliphatic rings. The summed E-state index contributed by atoms with van der Waals surface area (Å²) in [4.78, 5) is 14.3. The first-order valence-electron chi connectivity index (χ1n) is 6.27. The summed E-state index contributed by atoms with van der Waals surface area (Å²) in [6.07, 6.45) is 2.48. The number of aryl methyl sites for hydroxylation is 2. The van der Waals surface area contributed by atoms with Crippen molar-refractivity contribution in [3.8, 4) is 6.07 Å². The molecule has 0 N–H and O–H groups in total. The molecule has 0 saturated heterocycles. The van der Waals surface area contributed by atoms with Crippen LogP contribution >= 0.6 is 11.3 Å². The number of fused-ring (bicyclic) bond motifs is 1. The molecule has 19 heavy (non-hydrogen) atoms. The number of hydrogen-bond acceptors (Lipinski definition) is 5. The van der Waals surface area contributed by atoms with E-state index in [1.165, 1.54) is 16.0 Å². The van der Waals surface area contributed by atoms with Crippen LogP contribution < -0.4 is 5.56 Å². The molecule has 0 atom stereocenters. The van der Waals surface area contributed by atoms with Crippen LogP contribution in [0.15, 0.2) is 4.79 Å². The zero-order valence-electron chi connectivity index (χ0n) is 10.9. The molecule has 6 heteroatoms. The lowest BCUT2D eigenvalue weighted by Gasteiger charge is -2.11. The third-order valence-corrected chi connectivity index (χ3v) is 5.05. The van der Waals surface area contributed by atoms with Crippen LogP contribution in [0.2, 0.25) is 0 Å². The lowest BCUT2D eigenvalue weighted by atomic mass is 10.0. The summed E-state index contributed by atoms with van der Waals surface area (Å²) in [6, 6.07) is 2.20. The number of thiophene rings is 1. The fraction of sp³-hybridized carbons (Fsp3) is 0.538. The molecular formula is C13H14N4OS. The highest BCUT2D eigenvalue weighted by molar-refractivity contribution is 7.18. The van der Waals surface area contributed by atoms with E-state index < -0.39 is 0 Å². The summed E-state index contributed by atoms with van der Waals surface area (Å²) in [6.45, 7) is 4.45. The summed E-state index contributed by atoms with van der Waals surface area (Å²) in [7, 11) is 0. The van der Waals surface area contributed by atoms with Gasteiger partial charge in [0.2, 0.25) is 0 Å². The Bertz CT molecular complexity index is 748. The Morgan fingerprint density at radius 2 is 2.21 bits per heavy atom. The van der Waals surface area contributed by atoms with Crippen LogP contribution in [0.25, 0.3) is 10.2 Å². The zero-order valence-corrected chi connectivity index (χ0v) is 11.8. The predicted octanol–water partition coefficient (Wildman–Crippen LogP) is 2.16. The molecule has 1 fully saturated rings. The second-order valence-corrected chi connectivity index (χ2v) is 6.55. The Hall–Kier alpha value is -1.74. The molecule has 0 unspecified atom stereocenters. The van der Waals surface area contributed by atoms with Crippen molar-refractivity contribution in [2.45, 2.75) is 39.7 Å². The number of aromatic nitrogens is 3. The fourth-order valence-electron chi connectivity index (χ4n) is 2.35. The second-order valence-electron chi connectivity index (χ2n) is 5.35. The number of nitrogens with zero attached hydrogens (tertiary/aromatic N) is 4. The largest absolute Gasteiger partial charge is 0.278 e. The van der Waals surface area contributed by atoms with Gasteiger partial charge in [-0.3, -0.25) is 4.79 Å². The molecule has 0 bridgehead atoms. The van der Waals surface area contributed by atoms with Gasteiger partial charge >= 0.3 is 0 Å². The van der Waals surface area contributed by atoms with Crippen molar-refractivity contribution in [3.05, 3.63) is 20.8 Å². The zero-order chi connectivity index (χ0) is 13.6. The molecule has 1 aliphatic carbocycles. The Balaban J connectivity index is 2.06. The van der Waals surface area contributed by atoms with Crippen LogP contribution in [0.5, 0.6) is 0 Å². The Labute approximate surface area is 114 Å². The van der Waals surface area contributed by atoms with Crippen molar-refractivity contribution in [2.75, 3.05) is 0 Å². The first kappa shape index (κ1) is 12.3. The smallest absolute Gasteiger partial charge is 0.267 e. The van der Waals surface area contributed by atoms with E-state index >= 15 is 0 Å². The first-order valence-corrected chi connectivity index (χ1v) is 7.08. The van der Waals surface area contributed by atoms with E-state index in [0.29, 0.717) is 23.2 Å². The minimum atomic E-state index is -0.0731. The molecule has 2 aromatic rings. The van der Waals surface area contributed by atoms with Gasteiger partial charge in [-0.15, -0.1) is 16.4 Å². The highest BCUT2D eigenvalue weighted by Crippen LogP contribution is 2.49. The summed E-state index contributed by atoms with van der Waals surface area (Å²) < 4.78 is 1.44. The van der Waals surface area contributed by atoms with E-state index in [9.17, 15) is 4.79 Å². The maximum atomic E-state index is 12.5. The average molecular weight is 274 g/mol. The standard InChI is InChI=1S/C13H14N4OS/c1-8-9(2)19-11-10(8)12(18)17(16-15-11)7-13(3-4-13)5-6-14/h3-5,7H2,1-2H3. The molecule has 0 aliphatic heterocycles. The highest BCUT2D eigenvalue weighted by atomic mass is 32.1. The van der Waals surface area contributed by atoms with Crippen molar-refractivity contribution in [2.24, 2.45) is 5.41 Å². The van der Waals surface area contributed by atoms with Crippen molar-refractivity contribution < 1.29 is 0 Å². The molecule has 2 aromatic heterocycles. The van der Waals surface area contributed by atoms with Gasteiger partial charge in [0.05, 0.1) is 18.0 Å². The van der Waals surface area contributed by atoms with Crippen molar-refractivity contribution in [1.82, 2.24) is 15.0 Å². The molecule has 0 radical (unpaired) electrons. The summed E-state index contributed by atoms with van der Waals surface area (Å²) >= 11 is 1.51. The van der Waals surface area contributed by atoms with Gasteiger partial charge in [0, 0.05) is 16.7 Å². The van der Waals surface area contributed by atoms with Gasteiger partial charge in [-0.2, -0.15) is 5.26 Å². The van der Waals surface area contributed by atoms with Gasteiger partial charge in [0.1, 0.15) is 0 Å². The number of hydrogen-bond donors (Lipinski definition) is 0. The quantitative estimate of drug-likeness (QED) is 0.860. The predicted molar refractivity (Wildman–Crippen MR) is 73.0 cm³/mol. The highest BCUT2D eigenvalue weighted by Gasteiger charge is 2.43. The van der Waals surface area contributed by atoms with E-state index in [0.717, 1.165) is 23.3 Å². The number of rotatable bonds is 3. The summed E-state index contributed by atoms with van der Waals surface area (Å²) in [5.74, 6) is 0. The lowest BCUT2D eigenvalue weighted by Crippen LogP contribution is -2.28. The average Bonchev–Trinajstić information content (AvgIpc) is 3.06. The topological polar surface area (TPSA) is 71.6 Å². The number of nitriles is 1. The lowest BCUT2D eigenvalue weighted by molar-refractivity contribution is 0.383. The van der Waals surface area contributed by atoms with E-state index in [-0.39, 0.29) is 11.0 Å². The minimum absolute atomic E-state index is 0.0418. The Morgan fingerprint density at radius 1 is 1.47 bits per heavy atom.